The van der Waals surface area contributed by atoms with Crippen LogP contribution >= 0.6 is 0 Å². The van der Waals surface area contributed by atoms with Crippen molar-refractivity contribution in [3.05, 3.63) is 35.4 Å². The number of hydrazone groups is 1. The maximum Gasteiger partial charge on any atom is 0.268 e. The van der Waals surface area contributed by atoms with Gasteiger partial charge in [-0.1, -0.05) is 38.1 Å². The normalized spacial score (nSPS) is 13.0. The summed E-state index contributed by atoms with van der Waals surface area (Å²) in [5.41, 5.74) is 4.41. The van der Waals surface area contributed by atoms with Crippen LogP contribution in [0.15, 0.2) is 29.4 Å². The molecule has 2 N–H and O–H groups in total. The van der Waals surface area contributed by atoms with E-state index in [0.717, 1.165) is 5.56 Å². The van der Waals surface area contributed by atoms with Gasteiger partial charge in [0.1, 0.15) is 6.10 Å². The van der Waals surface area contributed by atoms with Crippen LogP contribution in [0.1, 0.15) is 37.8 Å². The number of rotatable bonds is 4. The van der Waals surface area contributed by atoms with E-state index in [9.17, 15) is 4.79 Å². The van der Waals surface area contributed by atoms with Crippen molar-refractivity contribution >= 4 is 12.1 Å². The number of hydrogen-bond acceptors (Lipinski definition) is 3. The minimum absolute atomic E-state index is 0.496. The highest BCUT2D eigenvalue weighted by Gasteiger charge is 2.05. The first-order valence-electron chi connectivity index (χ1n) is 5.61. The summed E-state index contributed by atoms with van der Waals surface area (Å²) in [5, 5.41) is 12.7. The average Bonchev–Trinajstić information content (AvgIpc) is 2.29. The van der Waals surface area contributed by atoms with Crippen LogP contribution in [0.5, 0.6) is 0 Å². The number of carbonyl (C=O) groups is 1. The molecule has 0 heterocycles. The van der Waals surface area contributed by atoms with Crippen LogP contribution in [-0.2, 0) is 4.79 Å². The second-order valence-corrected chi connectivity index (χ2v) is 4.23. The van der Waals surface area contributed by atoms with Crippen LogP contribution in [0.25, 0.3) is 0 Å². The standard InChI is InChI=1S/C13H18N2O2/c1-9(2)12-6-4-11(5-7-12)8-14-15-13(17)10(3)16/h4-10,16H,1-3H3,(H,15,17)/b14-8-/t10-/m1/s1. The summed E-state index contributed by atoms with van der Waals surface area (Å²) in [6.07, 6.45) is 0.500. The van der Waals surface area contributed by atoms with Gasteiger partial charge in [0.05, 0.1) is 6.21 Å². The molecule has 0 unspecified atom stereocenters. The summed E-state index contributed by atoms with van der Waals surface area (Å²) in [5.74, 6) is -0.0176. The monoisotopic (exact) mass is 234 g/mol. The molecular weight excluding hydrogens is 216 g/mol. The van der Waals surface area contributed by atoms with Gasteiger partial charge in [0, 0.05) is 0 Å². The molecule has 1 aromatic carbocycles. The molecule has 0 fully saturated rings. The Bertz CT molecular complexity index is 394. The molecule has 0 bridgehead atoms. The van der Waals surface area contributed by atoms with E-state index in [4.69, 9.17) is 5.11 Å². The lowest BCUT2D eigenvalue weighted by Crippen LogP contribution is -2.28. The number of hydrogen-bond donors (Lipinski definition) is 2. The van der Waals surface area contributed by atoms with Gasteiger partial charge < -0.3 is 5.11 Å². The van der Waals surface area contributed by atoms with Gasteiger partial charge >= 0.3 is 0 Å². The summed E-state index contributed by atoms with van der Waals surface area (Å²) in [4.78, 5) is 11.0. The lowest BCUT2D eigenvalue weighted by Gasteiger charge is -2.04. The maximum absolute atomic E-state index is 11.0. The van der Waals surface area contributed by atoms with Gasteiger partial charge in [-0.15, -0.1) is 0 Å². The lowest BCUT2D eigenvalue weighted by molar-refractivity contribution is -0.128. The third-order valence-corrected chi connectivity index (χ3v) is 2.37. The summed E-state index contributed by atoms with van der Waals surface area (Å²) in [6.45, 7) is 5.65. The molecule has 1 atom stereocenters. The molecule has 1 rings (SSSR count). The number of amides is 1. The summed E-state index contributed by atoms with van der Waals surface area (Å²) in [6, 6.07) is 7.94. The minimum Gasteiger partial charge on any atom is -0.383 e. The molecular formula is C13H18N2O2. The summed E-state index contributed by atoms with van der Waals surface area (Å²) in [7, 11) is 0. The van der Waals surface area contributed by atoms with Crippen molar-refractivity contribution in [1.82, 2.24) is 5.43 Å². The van der Waals surface area contributed by atoms with Crippen LogP contribution in [0, 0.1) is 0 Å². The number of benzene rings is 1. The van der Waals surface area contributed by atoms with E-state index in [2.05, 4.69) is 24.4 Å². The van der Waals surface area contributed by atoms with Gasteiger partial charge in [-0.25, -0.2) is 5.43 Å². The zero-order valence-corrected chi connectivity index (χ0v) is 10.3. The zero-order valence-electron chi connectivity index (χ0n) is 10.3. The quantitative estimate of drug-likeness (QED) is 0.614. The van der Waals surface area contributed by atoms with Crippen LogP contribution in [0.4, 0.5) is 0 Å². The largest absolute Gasteiger partial charge is 0.383 e. The Morgan fingerprint density at radius 1 is 1.29 bits per heavy atom. The van der Waals surface area contributed by atoms with E-state index < -0.39 is 12.0 Å². The van der Waals surface area contributed by atoms with Gasteiger partial charge in [-0.3, -0.25) is 4.79 Å². The lowest BCUT2D eigenvalue weighted by atomic mass is 10.0. The van der Waals surface area contributed by atoms with Crippen LogP contribution in [0.3, 0.4) is 0 Å². The molecule has 92 valence electrons. The second-order valence-electron chi connectivity index (χ2n) is 4.23. The molecule has 0 saturated heterocycles. The van der Waals surface area contributed by atoms with Crippen LogP contribution in [-0.4, -0.2) is 23.3 Å². The van der Waals surface area contributed by atoms with E-state index >= 15 is 0 Å². The molecule has 0 spiro atoms. The molecule has 17 heavy (non-hydrogen) atoms. The molecule has 4 heteroatoms. The molecule has 0 aliphatic rings. The SMILES string of the molecule is CC(C)c1ccc(/C=N\NC(=O)[C@@H](C)O)cc1. The van der Waals surface area contributed by atoms with E-state index in [1.807, 2.05) is 24.3 Å². The predicted molar refractivity (Wildman–Crippen MR) is 67.9 cm³/mol. The van der Waals surface area contributed by atoms with Crippen molar-refractivity contribution in [1.29, 1.82) is 0 Å². The summed E-state index contributed by atoms with van der Waals surface area (Å²) < 4.78 is 0. The Morgan fingerprint density at radius 3 is 2.35 bits per heavy atom. The second kappa shape index (κ2) is 6.15. The van der Waals surface area contributed by atoms with Crippen molar-refractivity contribution in [2.24, 2.45) is 5.10 Å². The Labute approximate surface area is 101 Å². The fraction of sp³-hybridized carbons (Fsp3) is 0.385. The van der Waals surface area contributed by atoms with Gasteiger partial charge in [0.2, 0.25) is 0 Å². The average molecular weight is 234 g/mol. The van der Waals surface area contributed by atoms with Crippen molar-refractivity contribution in [2.45, 2.75) is 32.8 Å². The molecule has 1 amide bonds. The highest BCUT2D eigenvalue weighted by molar-refractivity contribution is 5.83. The number of nitrogens with zero attached hydrogens (tertiary/aromatic N) is 1. The van der Waals surface area contributed by atoms with E-state index in [-0.39, 0.29) is 0 Å². The minimum atomic E-state index is -1.05. The van der Waals surface area contributed by atoms with Crippen molar-refractivity contribution < 1.29 is 9.90 Å². The van der Waals surface area contributed by atoms with Crippen molar-refractivity contribution in [3.63, 3.8) is 0 Å². The Kier molecular flexibility index (Phi) is 4.84. The van der Waals surface area contributed by atoms with Gasteiger partial charge in [-0.2, -0.15) is 5.10 Å². The third kappa shape index (κ3) is 4.36. The first kappa shape index (κ1) is 13.4. The highest BCUT2D eigenvalue weighted by Crippen LogP contribution is 2.13. The number of aliphatic hydroxyl groups excluding tert-OH is 1. The molecule has 0 aliphatic heterocycles. The molecule has 1 aromatic rings. The molecule has 0 radical (unpaired) electrons. The maximum atomic E-state index is 11.0. The first-order valence-corrected chi connectivity index (χ1v) is 5.61. The Morgan fingerprint density at radius 2 is 1.88 bits per heavy atom. The predicted octanol–water partition coefficient (Wildman–Crippen LogP) is 1.64. The molecule has 0 saturated carbocycles. The topological polar surface area (TPSA) is 61.7 Å². The first-order chi connectivity index (χ1) is 8.00. The van der Waals surface area contributed by atoms with Crippen molar-refractivity contribution in [2.75, 3.05) is 0 Å². The smallest absolute Gasteiger partial charge is 0.268 e. The summed E-state index contributed by atoms with van der Waals surface area (Å²) >= 11 is 0. The van der Waals surface area contributed by atoms with E-state index in [1.54, 1.807) is 6.21 Å². The van der Waals surface area contributed by atoms with Crippen LogP contribution < -0.4 is 5.43 Å². The molecule has 0 aliphatic carbocycles. The number of carbonyl (C=O) groups excluding carboxylic acids is 1. The van der Waals surface area contributed by atoms with Gasteiger partial charge in [-0.05, 0) is 24.0 Å². The van der Waals surface area contributed by atoms with Crippen molar-refractivity contribution in [3.8, 4) is 0 Å². The highest BCUT2D eigenvalue weighted by atomic mass is 16.3. The fourth-order valence-corrected chi connectivity index (χ4v) is 1.23. The van der Waals surface area contributed by atoms with Gasteiger partial charge in [0.15, 0.2) is 0 Å². The zero-order chi connectivity index (χ0) is 12.8. The van der Waals surface area contributed by atoms with Gasteiger partial charge in [0.25, 0.3) is 5.91 Å². The van der Waals surface area contributed by atoms with E-state index in [1.165, 1.54) is 12.5 Å². The van der Waals surface area contributed by atoms with Crippen LogP contribution in [0.2, 0.25) is 0 Å². The number of aliphatic hydroxyl groups is 1. The van der Waals surface area contributed by atoms with E-state index in [0.29, 0.717) is 5.92 Å². The third-order valence-electron chi connectivity index (χ3n) is 2.37. The number of nitrogens with one attached hydrogen (secondary N) is 1. The Balaban J connectivity index is 2.57. The molecule has 0 aromatic heterocycles. The molecule has 4 nitrogen and oxygen atoms in total. The fourth-order valence-electron chi connectivity index (χ4n) is 1.23. The Hall–Kier alpha value is -1.68.